The van der Waals surface area contributed by atoms with E-state index in [4.69, 9.17) is 5.26 Å². The third-order valence-corrected chi connectivity index (χ3v) is 3.36. The van der Waals surface area contributed by atoms with Crippen LogP contribution < -0.4 is 5.32 Å². The summed E-state index contributed by atoms with van der Waals surface area (Å²) in [5.41, 5.74) is -0.771. The number of hydrogen-bond donors (Lipinski definition) is 1. The Balaban J connectivity index is 1.71. The molecule has 6 nitrogen and oxygen atoms in total. The fourth-order valence-electron chi connectivity index (χ4n) is 2.42. The predicted octanol–water partition coefficient (Wildman–Crippen LogP) is 0.724. The number of aromatic nitrogens is 3. The first-order valence-corrected chi connectivity index (χ1v) is 6.20. The molecule has 0 spiro atoms. The minimum atomic E-state index is -0.771. The van der Waals surface area contributed by atoms with Crippen molar-refractivity contribution in [1.29, 1.82) is 5.26 Å². The summed E-state index contributed by atoms with van der Waals surface area (Å²) in [5.74, 6) is 0.354. The Bertz CT molecular complexity index is 442. The zero-order valence-electron chi connectivity index (χ0n) is 10.5. The van der Waals surface area contributed by atoms with Crippen LogP contribution in [-0.2, 0) is 11.3 Å². The van der Waals surface area contributed by atoms with E-state index in [1.165, 1.54) is 0 Å². The van der Waals surface area contributed by atoms with E-state index in [1.807, 2.05) is 0 Å². The standard InChI is InChI=1S/C12H17N5O/c1-10-7-12(8-10,9-13)11(18)14-3-2-5-17-6-4-15-16-17/h4,6,10H,2-3,5,7-8H2,1H3,(H,14,18). The van der Waals surface area contributed by atoms with Crippen LogP contribution in [0.1, 0.15) is 26.2 Å². The van der Waals surface area contributed by atoms with Gasteiger partial charge in [0.05, 0.1) is 12.3 Å². The summed E-state index contributed by atoms with van der Waals surface area (Å²) in [4.78, 5) is 11.9. The van der Waals surface area contributed by atoms with Gasteiger partial charge >= 0.3 is 0 Å². The lowest BCUT2D eigenvalue weighted by Crippen LogP contribution is -2.48. The molecule has 1 aromatic rings. The fraction of sp³-hybridized carbons (Fsp3) is 0.667. The molecule has 1 heterocycles. The summed E-state index contributed by atoms with van der Waals surface area (Å²) in [6.45, 7) is 3.35. The molecule has 0 aromatic carbocycles. The Hall–Kier alpha value is -1.90. The highest BCUT2D eigenvalue weighted by Gasteiger charge is 2.48. The van der Waals surface area contributed by atoms with Crippen LogP contribution in [-0.4, -0.2) is 27.4 Å². The molecular weight excluding hydrogens is 230 g/mol. The van der Waals surface area contributed by atoms with Gasteiger partial charge in [-0.3, -0.25) is 9.48 Å². The molecule has 0 saturated heterocycles. The van der Waals surface area contributed by atoms with Gasteiger partial charge in [-0.15, -0.1) is 5.10 Å². The first-order chi connectivity index (χ1) is 8.66. The molecule has 1 amide bonds. The number of amides is 1. The fourth-order valence-corrected chi connectivity index (χ4v) is 2.42. The molecule has 1 aliphatic carbocycles. The summed E-state index contributed by atoms with van der Waals surface area (Å²) < 4.78 is 1.72. The molecule has 0 radical (unpaired) electrons. The third kappa shape index (κ3) is 2.50. The van der Waals surface area contributed by atoms with Gasteiger partial charge in [-0.1, -0.05) is 12.1 Å². The molecule has 6 heteroatoms. The highest BCUT2D eigenvalue weighted by molar-refractivity contribution is 5.86. The summed E-state index contributed by atoms with van der Waals surface area (Å²) in [6, 6.07) is 2.16. The Morgan fingerprint density at radius 3 is 3.00 bits per heavy atom. The average molecular weight is 247 g/mol. The van der Waals surface area contributed by atoms with E-state index >= 15 is 0 Å². The van der Waals surface area contributed by atoms with Crippen LogP contribution in [0.3, 0.4) is 0 Å². The Morgan fingerprint density at radius 2 is 2.44 bits per heavy atom. The normalized spacial score (nSPS) is 26.1. The minimum absolute atomic E-state index is 0.123. The molecule has 0 aliphatic heterocycles. The van der Waals surface area contributed by atoms with Crippen molar-refractivity contribution in [2.24, 2.45) is 11.3 Å². The molecule has 18 heavy (non-hydrogen) atoms. The monoisotopic (exact) mass is 247 g/mol. The van der Waals surface area contributed by atoms with E-state index in [-0.39, 0.29) is 5.91 Å². The molecule has 1 aliphatic rings. The topological polar surface area (TPSA) is 83.6 Å². The van der Waals surface area contributed by atoms with Gasteiger partial charge in [-0.05, 0) is 25.2 Å². The van der Waals surface area contributed by atoms with E-state index in [0.29, 0.717) is 25.3 Å². The third-order valence-electron chi connectivity index (χ3n) is 3.36. The maximum atomic E-state index is 11.9. The van der Waals surface area contributed by atoms with Gasteiger partial charge in [0.25, 0.3) is 0 Å². The van der Waals surface area contributed by atoms with Crippen LogP contribution in [0.4, 0.5) is 0 Å². The van der Waals surface area contributed by atoms with Crippen LogP contribution in [0.2, 0.25) is 0 Å². The van der Waals surface area contributed by atoms with Crippen molar-refractivity contribution in [3.8, 4) is 6.07 Å². The number of nitriles is 1. The predicted molar refractivity (Wildman–Crippen MR) is 64.1 cm³/mol. The molecule has 0 unspecified atom stereocenters. The first kappa shape index (κ1) is 12.6. The number of nitrogens with one attached hydrogen (secondary N) is 1. The number of carbonyl (C=O) groups is 1. The van der Waals surface area contributed by atoms with E-state index in [0.717, 1.165) is 13.0 Å². The Kier molecular flexibility index (Phi) is 3.60. The number of rotatable bonds is 5. The second-order valence-corrected chi connectivity index (χ2v) is 4.98. The van der Waals surface area contributed by atoms with E-state index in [9.17, 15) is 4.79 Å². The SMILES string of the molecule is CC1CC(C#N)(C(=O)NCCCn2ccnn2)C1. The number of carbonyl (C=O) groups excluding carboxylic acids is 1. The van der Waals surface area contributed by atoms with Crippen LogP contribution in [0.25, 0.3) is 0 Å². The number of nitrogens with zero attached hydrogens (tertiary/aromatic N) is 4. The van der Waals surface area contributed by atoms with Gasteiger partial charge in [0, 0.05) is 19.3 Å². The molecule has 0 atom stereocenters. The van der Waals surface area contributed by atoms with Gasteiger partial charge in [-0.25, -0.2) is 0 Å². The van der Waals surface area contributed by atoms with E-state index < -0.39 is 5.41 Å². The lowest BCUT2D eigenvalue weighted by atomic mass is 9.63. The lowest BCUT2D eigenvalue weighted by Gasteiger charge is -2.39. The van der Waals surface area contributed by atoms with E-state index in [2.05, 4.69) is 28.6 Å². The summed E-state index contributed by atoms with van der Waals surface area (Å²) in [7, 11) is 0. The lowest BCUT2D eigenvalue weighted by molar-refractivity contribution is -0.133. The highest BCUT2D eigenvalue weighted by atomic mass is 16.2. The molecule has 1 saturated carbocycles. The van der Waals surface area contributed by atoms with Gasteiger partial charge in [0.2, 0.25) is 5.91 Å². The van der Waals surface area contributed by atoms with Crippen molar-refractivity contribution >= 4 is 5.91 Å². The van der Waals surface area contributed by atoms with Crippen molar-refractivity contribution in [2.75, 3.05) is 6.54 Å². The van der Waals surface area contributed by atoms with E-state index in [1.54, 1.807) is 17.1 Å². The van der Waals surface area contributed by atoms with Crippen LogP contribution >= 0.6 is 0 Å². The minimum Gasteiger partial charge on any atom is -0.355 e. The van der Waals surface area contributed by atoms with Crippen molar-refractivity contribution in [3.05, 3.63) is 12.4 Å². The van der Waals surface area contributed by atoms with Crippen molar-refractivity contribution in [3.63, 3.8) is 0 Å². The molecule has 1 N–H and O–H groups in total. The van der Waals surface area contributed by atoms with Crippen LogP contribution in [0, 0.1) is 22.7 Å². The smallest absolute Gasteiger partial charge is 0.240 e. The van der Waals surface area contributed by atoms with Crippen molar-refractivity contribution in [1.82, 2.24) is 20.3 Å². The van der Waals surface area contributed by atoms with Gasteiger partial charge < -0.3 is 5.32 Å². The van der Waals surface area contributed by atoms with Crippen molar-refractivity contribution in [2.45, 2.75) is 32.7 Å². The zero-order chi connectivity index (χ0) is 13.0. The zero-order valence-corrected chi connectivity index (χ0v) is 10.5. The largest absolute Gasteiger partial charge is 0.355 e. The molecule has 0 bridgehead atoms. The van der Waals surface area contributed by atoms with Crippen molar-refractivity contribution < 1.29 is 4.79 Å². The number of aryl methyl sites for hydroxylation is 1. The maximum absolute atomic E-state index is 11.9. The quantitative estimate of drug-likeness (QED) is 0.777. The van der Waals surface area contributed by atoms with Crippen LogP contribution in [0.5, 0.6) is 0 Å². The summed E-state index contributed by atoms with van der Waals surface area (Å²) in [5, 5.41) is 19.5. The molecular formula is C12H17N5O. The Morgan fingerprint density at radius 1 is 1.67 bits per heavy atom. The summed E-state index contributed by atoms with van der Waals surface area (Å²) in [6.07, 6.45) is 5.55. The molecule has 1 fully saturated rings. The van der Waals surface area contributed by atoms with Gasteiger partial charge in [-0.2, -0.15) is 5.26 Å². The van der Waals surface area contributed by atoms with Gasteiger partial charge in [0.15, 0.2) is 0 Å². The molecule has 2 rings (SSSR count). The second-order valence-electron chi connectivity index (χ2n) is 4.98. The molecule has 96 valence electrons. The number of hydrogen-bond acceptors (Lipinski definition) is 4. The molecule has 1 aromatic heterocycles. The first-order valence-electron chi connectivity index (χ1n) is 6.20. The van der Waals surface area contributed by atoms with Crippen LogP contribution in [0.15, 0.2) is 12.4 Å². The highest BCUT2D eigenvalue weighted by Crippen LogP contribution is 2.44. The maximum Gasteiger partial charge on any atom is 0.240 e. The second kappa shape index (κ2) is 5.17. The summed E-state index contributed by atoms with van der Waals surface area (Å²) >= 11 is 0. The van der Waals surface area contributed by atoms with Gasteiger partial charge in [0.1, 0.15) is 5.41 Å². The Labute approximate surface area is 106 Å². The average Bonchev–Trinajstić information content (AvgIpc) is 2.83.